The largest absolute Gasteiger partial charge is 0.493 e. The number of carbonyl (C=O) groups is 1. The zero-order chi connectivity index (χ0) is 24.8. The highest BCUT2D eigenvalue weighted by Crippen LogP contribution is 2.32. The number of piperidine rings is 1. The Morgan fingerprint density at radius 3 is 2.47 bits per heavy atom. The molecule has 1 fully saturated rings. The van der Waals surface area contributed by atoms with Crippen molar-refractivity contribution in [2.45, 2.75) is 23.3 Å². The maximum absolute atomic E-state index is 12.8. The first kappa shape index (κ1) is 25.9. The Morgan fingerprint density at radius 2 is 1.85 bits per heavy atom. The van der Waals surface area contributed by atoms with Gasteiger partial charge in [0.05, 0.1) is 31.4 Å². The van der Waals surface area contributed by atoms with Gasteiger partial charge in [0.2, 0.25) is 15.9 Å². The van der Waals surface area contributed by atoms with Crippen LogP contribution in [-0.4, -0.2) is 87.7 Å². The third-order valence-corrected chi connectivity index (χ3v) is 7.78. The minimum Gasteiger partial charge on any atom is -0.493 e. The number of rotatable bonds is 10. The van der Waals surface area contributed by atoms with Crippen LogP contribution >= 0.6 is 0 Å². The van der Waals surface area contributed by atoms with E-state index in [2.05, 4.69) is 4.98 Å². The number of aliphatic hydroxyl groups is 1. The van der Waals surface area contributed by atoms with Crippen LogP contribution in [0.1, 0.15) is 18.5 Å². The van der Waals surface area contributed by atoms with Gasteiger partial charge in [-0.1, -0.05) is 6.07 Å². The first-order valence-corrected chi connectivity index (χ1v) is 12.3. The number of hydrogen-bond acceptors (Lipinski definition) is 8. The molecule has 1 aliphatic rings. The van der Waals surface area contributed by atoms with Crippen molar-refractivity contribution in [3.8, 4) is 11.5 Å². The van der Waals surface area contributed by atoms with Crippen molar-refractivity contribution in [1.29, 1.82) is 0 Å². The van der Waals surface area contributed by atoms with Crippen LogP contribution in [0.5, 0.6) is 11.5 Å². The second kappa shape index (κ2) is 11.1. The predicted molar refractivity (Wildman–Crippen MR) is 124 cm³/mol. The van der Waals surface area contributed by atoms with Gasteiger partial charge in [-0.3, -0.25) is 9.78 Å². The number of pyridine rings is 1. The van der Waals surface area contributed by atoms with Gasteiger partial charge in [0, 0.05) is 38.9 Å². The normalized spacial score (nSPS) is 15.9. The van der Waals surface area contributed by atoms with E-state index in [0.29, 0.717) is 43.1 Å². The monoisotopic (exact) mass is 493 g/mol. The number of benzene rings is 1. The van der Waals surface area contributed by atoms with Gasteiger partial charge < -0.3 is 24.2 Å². The van der Waals surface area contributed by atoms with Crippen LogP contribution in [0, 0.1) is 0 Å². The van der Waals surface area contributed by atoms with E-state index in [-0.39, 0.29) is 30.6 Å². The molecular weight excluding hydrogens is 462 g/mol. The third kappa shape index (κ3) is 5.84. The average Bonchev–Trinajstić information content (AvgIpc) is 2.86. The maximum Gasteiger partial charge on any atom is 0.248 e. The Balaban J connectivity index is 1.46. The van der Waals surface area contributed by atoms with Gasteiger partial charge in [0.15, 0.2) is 11.5 Å². The topological polar surface area (TPSA) is 118 Å². The zero-order valence-corrected chi connectivity index (χ0v) is 20.5. The van der Waals surface area contributed by atoms with Gasteiger partial charge in [0.1, 0.15) is 12.2 Å². The molecule has 0 spiro atoms. The van der Waals surface area contributed by atoms with Crippen molar-refractivity contribution >= 4 is 15.9 Å². The first-order valence-electron chi connectivity index (χ1n) is 10.9. The van der Waals surface area contributed by atoms with Gasteiger partial charge >= 0.3 is 0 Å². The third-order valence-electron chi connectivity index (χ3n) is 5.92. The lowest BCUT2D eigenvalue weighted by molar-refractivity contribution is -0.140. The number of aromatic nitrogens is 1. The van der Waals surface area contributed by atoms with Gasteiger partial charge in [-0.2, -0.15) is 4.31 Å². The van der Waals surface area contributed by atoms with Crippen molar-refractivity contribution in [3.63, 3.8) is 0 Å². The molecule has 11 heteroatoms. The van der Waals surface area contributed by atoms with E-state index in [1.807, 2.05) is 6.07 Å². The Labute approximate surface area is 200 Å². The molecule has 1 saturated heterocycles. The number of hydrogen-bond donors (Lipinski definition) is 1. The van der Waals surface area contributed by atoms with E-state index in [1.54, 1.807) is 23.2 Å². The second-order valence-corrected chi connectivity index (χ2v) is 10.1. The molecule has 0 radical (unpaired) electrons. The summed E-state index contributed by atoms with van der Waals surface area (Å²) in [4.78, 5) is 18.4. The van der Waals surface area contributed by atoms with Gasteiger partial charge in [-0.15, -0.1) is 0 Å². The van der Waals surface area contributed by atoms with Crippen LogP contribution in [0.2, 0.25) is 0 Å². The molecule has 0 saturated carbocycles. The average molecular weight is 494 g/mol. The maximum atomic E-state index is 12.8. The predicted octanol–water partition coefficient (Wildman–Crippen LogP) is 1.25. The summed E-state index contributed by atoms with van der Waals surface area (Å²) in [6.45, 7) is 0.752. The van der Waals surface area contributed by atoms with Crippen LogP contribution < -0.4 is 9.47 Å². The molecule has 0 atom stereocenters. The Kier molecular flexibility index (Phi) is 8.47. The molecule has 2 heterocycles. The number of amides is 1. The molecule has 1 aliphatic heterocycles. The summed E-state index contributed by atoms with van der Waals surface area (Å²) in [6, 6.07) is 9.78. The number of ether oxygens (including phenoxy) is 3. The standard InChI is InChI=1S/C23H31N3O7S/c1-25(34(29,30)18-7-8-19(31-2)20(16-18)32-3)14-15-33-17-22(27)26-12-9-23(28,10-13-26)21-6-4-5-11-24-21/h4-8,11,16,28H,9-10,12-15,17H2,1-3H3. The van der Waals surface area contributed by atoms with Gasteiger partial charge in [-0.05, 0) is 37.1 Å². The highest BCUT2D eigenvalue weighted by molar-refractivity contribution is 7.89. The highest BCUT2D eigenvalue weighted by atomic mass is 32.2. The highest BCUT2D eigenvalue weighted by Gasteiger charge is 2.36. The summed E-state index contributed by atoms with van der Waals surface area (Å²) in [6.07, 6.45) is 2.42. The Morgan fingerprint density at radius 1 is 1.15 bits per heavy atom. The van der Waals surface area contributed by atoms with Crippen LogP contribution in [0.3, 0.4) is 0 Å². The Hall–Kier alpha value is -2.73. The van der Waals surface area contributed by atoms with Crippen LogP contribution in [0.25, 0.3) is 0 Å². The summed E-state index contributed by atoms with van der Waals surface area (Å²) in [5.41, 5.74) is -0.433. The molecule has 0 unspecified atom stereocenters. The quantitative estimate of drug-likeness (QED) is 0.491. The number of sulfonamides is 1. The summed E-state index contributed by atoms with van der Waals surface area (Å²) in [5, 5.41) is 10.8. The summed E-state index contributed by atoms with van der Waals surface area (Å²) < 4.78 is 42.6. The second-order valence-electron chi connectivity index (χ2n) is 8.02. The van der Waals surface area contributed by atoms with E-state index in [4.69, 9.17) is 14.2 Å². The lowest BCUT2D eigenvalue weighted by Crippen LogP contribution is -2.46. The van der Waals surface area contributed by atoms with Crippen molar-refractivity contribution in [2.24, 2.45) is 0 Å². The Bertz CT molecular complexity index is 1070. The van der Waals surface area contributed by atoms with E-state index in [1.165, 1.54) is 39.5 Å². The minimum absolute atomic E-state index is 0.0560. The number of likely N-dealkylation sites (tertiary alicyclic amines) is 1. The smallest absolute Gasteiger partial charge is 0.248 e. The summed E-state index contributed by atoms with van der Waals surface area (Å²) >= 11 is 0. The molecule has 0 aliphatic carbocycles. The van der Waals surface area contributed by atoms with Crippen LogP contribution in [0.15, 0.2) is 47.5 Å². The van der Waals surface area contributed by atoms with E-state index < -0.39 is 15.6 Å². The molecule has 1 aromatic carbocycles. The number of likely N-dealkylation sites (N-methyl/N-ethyl adjacent to an activating group) is 1. The van der Waals surface area contributed by atoms with Crippen LogP contribution in [0.4, 0.5) is 0 Å². The molecule has 0 bridgehead atoms. The molecule has 1 amide bonds. The SMILES string of the molecule is COc1ccc(S(=O)(=O)N(C)CCOCC(=O)N2CCC(O)(c3ccccn3)CC2)cc1OC. The van der Waals surface area contributed by atoms with Crippen molar-refractivity contribution in [1.82, 2.24) is 14.2 Å². The van der Waals surface area contributed by atoms with Crippen molar-refractivity contribution < 1.29 is 32.5 Å². The number of carbonyl (C=O) groups excluding carboxylic acids is 1. The minimum atomic E-state index is -3.77. The fraction of sp³-hybridized carbons (Fsp3) is 0.478. The molecule has 1 aromatic heterocycles. The lowest BCUT2D eigenvalue weighted by Gasteiger charge is -2.37. The molecule has 186 valence electrons. The van der Waals surface area contributed by atoms with E-state index in [9.17, 15) is 18.3 Å². The molecule has 1 N–H and O–H groups in total. The molecule has 10 nitrogen and oxygen atoms in total. The van der Waals surface area contributed by atoms with Gasteiger partial charge in [0.25, 0.3) is 0 Å². The summed E-state index contributed by atoms with van der Waals surface area (Å²) in [7, 11) is 0.585. The van der Waals surface area contributed by atoms with Crippen molar-refractivity contribution in [2.75, 3.05) is 54.1 Å². The molecule has 3 rings (SSSR count). The molecule has 34 heavy (non-hydrogen) atoms. The lowest BCUT2D eigenvalue weighted by atomic mass is 9.88. The first-order chi connectivity index (χ1) is 16.2. The van der Waals surface area contributed by atoms with Gasteiger partial charge in [-0.25, -0.2) is 8.42 Å². The number of methoxy groups -OCH3 is 2. The molecule has 2 aromatic rings. The fourth-order valence-electron chi connectivity index (χ4n) is 3.74. The molecular formula is C23H31N3O7S. The zero-order valence-electron chi connectivity index (χ0n) is 19.6. The van der Waals surface area contributed by atoms with Crippen molar-refractivity contribution in [3.05, 3.63) is 48.3 Å². The van der Waals surface area contributed by atoms with E-state index >= 15 is 0 Å². The summed E-state index contributed by atoms with van der Waals surface area (Å²) in [5.74, 6) is 0.547. The van der Waals surface area contributed by atoms with Crippen LogP contribution in [-0.2, 0) is 25.2 Å². The number of nitrogens with zero attached hydrogens (tertiary/aromatic N) is 3. The van der Waals surface area contributed by atoms with E-state index in [0.717, 1.165) is 4.31 Å². The fourth-order valence-corrected chi connectivity index (χ4v) is 4.91.